The number of hydrogen-bond acceptors (Lipinski definition) is 3. The molecule has 1 unspecified atom stereocenters. The highest BCUT2D eigenvalue weighted by atomic mass is 127. The zero-order valence-electron chi connectivity index (χ0n) is 15.5. The normalized spacial score (nSPS) is 14.2. The number of aliphatic imine (C=N–C) groups is 1. The van der Waals surface area contributed by atoms with Crippen molar-refractivity contribution in [3.63, 3.8) is 0 Å². The third kappa shape index (κ3) is 8.30. The van der Waals surface area contributed by atoms with Gasteiger partial charge in [-0.3, -0.25) is 0 Å². The number of likely N-dealkylation sites (N-methyl/N-ethyl adjacent to an activating group) is 1. The highest BCUT2D eigenvalue weighted by Crippen LogP contribution is 2.20. The molecule has 0 bridgehead atoms. The summed E-state index contributed by atoms with van der Waals surface area (Å²) in [6.45, 7) is 11.0. The summed E-state index contributed by atoms with van der Waals surface area (Å²) in [4.78, 5) is 6.80. The molecular weight excluding hydrogens is 415 g/mol. The van der Waals surface area contributed by atoms with Crippen molar-refractivity contribution in [2.75, 3.05) is 33.2 Å². The molecule has 1 aromatic rings. The van der Waals surface area contributed by atoms with Crippen molar-refractivity contribution in [2.45, 2.75) is 39.3 Å². The maximum atomic E-state index is 10.6. The summed E-state index contributed by atoms with van der Waals surface area (Å²) in [7, 11) is 2.11. The van der Waals surface area contributed by atoms with Crippen molar-refractivity contribution in [1.29, 1.82) is 0 Å². The fourth-order valence-electron chi connectivity index (χ4n) is 2.07. The first-order valence-electron chi connectivity index (χ1n) is 8.37. The van der Waals surface area contributed by atoms with E-state index < -0.39 is 5.60 Å². The molecule has 5 nitrogen and oxygen atoms in total. The number of nitrogens with one attached hydrogen (secondary N) is 2. The lowest BCUT2D eigenvalue weighted by Crippen LogP contribution is -2.42. The van der Waals surface area contributed by atoms with Crippen LogP contribution in [0, 0.1) is 0 Å². The summed E-state index contributed by atoms with van der Waals surface area (Å²) in [5.74, 6) is 0.737. The second kappa shape index (κ2) is 11.7. The quantitative estimate of drug-likeness (QED) is 0.325. The molecule has 24 heavy (non-hydrogen) atoms. The Morgan fingerprint density at radius 1 is 1.25 bits per heavy atom. The number of nitrogens with zero attached hydrogens (tertiary/aromatic N) is 2. The molecule has 1 rings (SSSR count). The number of rotatable bonds is 8. The Balaban J connectivity index is 0.00000529. The topological polar surface area (TPSA) is 59.9 Å². The van der Waals surface area contributed by atoms with Crippen LogP contribution in [0.1, 0.15) is 33.3 Å². The van der Waals surface area contributed by atoms with Gasteiger partial charge in [-0.15, -0.1) is 24.0 Å². The predicted octanol–water partition coefficient (Wildman–Crippen LogP) is 2.41. The monoisotopic (exact) mass is 448 g/mol. The van der Waals surface area contributed by atoms with Crippen LogP contribution in [-0.2, 0) is 5.60 Å². The molecule has 0 saturated carbocycles. The average Bonchev–Trinajstić information content (AvgIpc) is 2.53. The molecule has 0 aliphatic rings. The van der Waals surface area contributed by atoms with Gasteiger partial charge < -0.3 is 20.6 Å². The maximum Gasteiger partial charge on any atom is 0.191 e. The zero-order chi connectivity index (χ0) is 17.3. The first-order chi connectivity index (χ1) is 10.9. The fraction of sp³-hybridized carbons (Fsp3) is 0.611. The van der Waals surface area contributed by atoms with Crippen molar-refractivity contribution in [3.05, 3.63) is 35.9 Å². The molecule has 0 heterocycles. The van der Waals surface area contributed by atoms with Gasteiger partial charge in [-0.2, -0.15) is 0 Å². The van der Waals surface area contributed by atoms with E-state index in [1.807, 2.05) is 37.3 Å². The van der Waals surface area contributed by atoms with Crippen LogP contribution in [0.3, 0.4) is 0 Å². The third-order valence-corrected chi connectivity index (χ3v) is 3.92. The SMILES string of the molecule is CCNC(=NCC(C)(O)c1ccccc1)NCCN(C)C(C)C.I. The van der Waals surface area contributed by atoms with Gasteiger partial charge in [0.15, 0.2) is 5.96 Å². The van der Waals surface area contributed by atoms with Crippen LogP contribution in [0.25, 0.3) is 0 Å². The minimum atomic E-state index is -0.974. The summed E-state index contributed by atoms with van der Waals surface area (Å²) >= 11 is 0. The zero-order valence-corrected chi connectivity index (χ0v) is 17.9. The number of aliphatic hydroxyl groups is 1. The van der Waals surface area contributed by atoms with E-state index >= 15 is 0 Å². The van der Waals surface area contributed by atoms with Crippen LogP contribution >= 0.6 is 24.0 Å². The molecule has 0 aliphatic heterocycles. The molecule has 0 amide bonds. The molecule has 3 N–H and O–H groups in total. The van der Waals surface area contributed by atoms with Crippen molar-refractivity contribution in [2.24, 2.45) is 4.99 Å². The summed E-state index contributed by atoms with van der Waals surface area (Å²) in [6.07, 6.45) is 0. The minimum Gasteiger partial charge on any atom is -0.384 e. The van der Waals surface area contributed by atoms with E-state index in [0.717, 1.165) is 31.2 Å². The molecule has 0 saturated heterocycles. The Hall–Kier alpha value is -0.860. The number of hydrogen-bond donors (Lipinski definition) is 3. The van der Waals surface area contributed by atoms with E-state index in [1.165, 1.54) is 0 Å². The number of benzene rings is 1. The minimum absolute atomic E-state index is 0. The summed E-state index contributed by atoms with van der Waals surface area (Å²) in [5.41, 5.74) is -0.0997. The van der Waals surface area contributed by atoms with Crippen LogP contribution in [0.2, 0.25) is 0 Å². The second-order valence-electron chi connectivity index (χ2n) is 6.34. The lowest BCUT2D eigenvalue weighted by atomic mass is 9.96. The largest absolute Gasteiger partial charge is 0.384 e. The van der Waals surface area contributed by atoms with Gasteiger partial charge in [0.1, 0.15) is 5.60 Å². The summed E-state index contributed by atoms with van der Waals surface area (Å²) in [6, 6.07) is 10.2. The maximum absolute atomic E-state index is 10.6. The van der Waals surface area contributed by atoms with Crippen LogP contribution in [0.4, 0.5) is 0 Å². The predicted molar refractivity (Wildman–Crippen MR) is 113 cm³/mol. The molecule has 1 aromatic carbocycles. The van der Waals surface area contributed by atoms with Crippen LogP contribution < -0.4 is 10.6 Å². The van der Waals surface area contributed by atoms with E-state index in [9.17, 15) is 5.11 Å². The van der Waals surface area contributed by atoms with E-state index in [0.29, 0.717) is 12.6 Å². The van der Waals surface area contributed by atoms with Crippen molar-refractivity contribution in [1.82, 2.24) is 15.5 Å². The van der Waals surface area contributed by atoms with Gasteiger partial charge in [-0.1, -0.05) is 30.3 Å². The van der Waals surface area contributed by atoms with Gasteiger partial charge in [0.05, 0.1) is 6.54 Å². The Bertz CT molecular complexity index is 477. The summed E-state index contributed by atoms with van der Waals surface area (Å²) in [5, 5.41) is 17.2. The molecule has 0 fully saturated rings. The first-order valence-corrected chi connectivity index (χ1v) is 8.37. The van der Waals surface area contributed by atoms with Gasteiger partial charge in [0.25, 0.3) is 0 Å². The molecule has 1 atom stereocenters. The van der Waals surface area contributed by atoms with Crippen molar-refractivity contribution < 1.29 is 5.11 Å². The van der Waals surface area contributed by atoms with Gasteiger partial charge in [0, 0.05) is 25.7 Å². The standard InChI is InChI=1S/C18H32N4O.HI/c1-6-19-17(20-12-13-22(5)15(2)3)21-14-18(4,23)16-10-8-7-9-11-16;/h7-11,15,23H,6,12-14H2,1-5H3,(H2,19,20,21);1H. The Labute approximate surface area is 164 Å². The Kier molecular flexibility index (Phi) is 11.2. The first kappa shape index (κ1) is 23.1. The Morgan fingerprint density at radius 3 is 2.42 bits per heavy atom. The lowest BCUT2D eigenvalue weighted by Gasteiger charge is -2.23. The van der Waals surface area contributed by atoms with Crippen LogP contribution in [-0.4, -0.2) is 55.2 Å². The molecule has 0 aliphatic carbocycles. The highest BCUT2D eigenvalue weighted by Gasteiger charge is 2.22. The number of halogens is 1. The number of guanidine groups is 1. The average molecular weight is 448 g/mol. The summed E-state index contributed by atoms with van der Waals surface area (Å²) < 4.78 is 0. The Morgan fingerprint density at radius 2 is 1.88 bits per heavy atom. The molecule has 6 heteroatoms. The van der Waals surface area contributed by atoms with Crippen LogP contribution in [0.15, 0.2) is 35.3 Å². The smallest absolute Gasteiger partial charge is 0.191 e. The highest BCUT2D eigenvalue weighted by molar-refractivity contribution is 14.0. The van der Waals surface area contributed by atoms with E-state index in [4.69, 9.17) is 0 Å². The van der Waals surface area contributed by atoms with Crippen molar-refractivity contribution in [3.8, 4) is 0 Å². The molecule has 0 radical (unpaired) electrons. The lowest BCUT2D eigenvalue weighted by molar-refractivity contribution is 0.0672. The second-order valence-corrected chi connectivity index (χ2v) is 6.34. The van der Waals surface area contributed by atoms with E-state index in [1.54, 1.807) is 6.92 Å². The van der Waals surface area contributed by atoms with Gasteiger partial charge in [-0.05, 0) is 40.3 Å². The third-order valence-electron chi connectivity index (χ3n) is 3.92. The van der Waals surface area contributed by atoms with Crippen LogP contribution in [0.5, 0.6) is 0 Å². The molecule has 138 valence electrons. The van der Waals surface area contributed by atoms with E-state index in [-0.39, 0.29) is 24.0 Å². The van der Waals surface area contributed by atoms with Crippen molar-refractivity contribution >= 4 is 29.9 Å². The van der Waals surface area contributed by atoms with Gasteiger partial charge >= 0.3 is 0 Å². The molecule has 0 aromatic heterocycles. The van der Waals surface area contributed by atoms with Gasteiger partial charge in [-0.25, -0.2) is 4.99 Å². The molecular formula is C18H33IN4O. The fourth-order valence-corrected chi connectivity index (χ4v) is 2.07. The van der Waals surface area contributed by atoms with E-state index in [2.05, 4.69) is 41.4 Å². The molecule has 0 spiro atoms. The van der Waals surface area contributed by atoms with Gasteiger partial charge in [0.2, 0.25) is 0 Å².